The zero-order chi connectivity index (χ0) is 13.0. The van der Waals surface area contributed by atoms with Crippen LogP contribution in [0.3, 0.4) is 0 Å². The largest absolute Gasteiger partial charge is 0.469 e. The van der Waals surface area contributed by atoms with Crippen molar-refractivity contribution in [2.45, 2.75) is 25.4 Å². The van der Waals surface area contributed by atoms with Crippen LogP contribution in [-0.4, -0.2) is 32.0 Å². The maximum Gasteiger partial charge on any atom is 0.335 e. The Morgan fingerprint density at radius 3 is 2.58 bits per heavy atom. The van der Waals surface area contributed by atoms with Crippen LogP contribution in [0.2, 0.25) is 0 Å². The highest BCUT2D eigenvalue weighted by atomic mass is 35.5. The molecule has 1 aliphatic heterocycles. The SMILES string of the molecule is CCOP(=O)(OCC)C1CNCC1c1ccco1.Cl. The van der Waals surface area contributed by atoms with E-state index in [1.54, 1.807) is 6.26 Å². The van der Waals surface area contributed by atoms with Crippen molar-refractivity contribution in [1.82, 2.24) is 5.32 Å². The molecule has 2 atom stereocenters. The van der Waals surface area contributed by atoms with Crippen LogP contribution in [0.25, 0.3) is 0 Å². The van der Waals surface area contributed by atoms with Crippen LogP contribution < -0.4 is 5.32 Å². The molecule has 0 amide bonds. The number of halogens is 1. The molecule has 2 heterocycles. The van der Waals surface area contributed by atoms with Gasteiger partial charge in [0.05, 0.1) is 25.1 Å². The summed E-state index contributed by atoms with van der Waals surface area (Å²) in [5, 5.41) is 3.24. The fourth-order valence-corrected chi connectivity index (χ4v) is 4.60. The van der Waals surface area contributed by atoms with Crippen molar-refractivity contribution in [2.75, 3.05) is 26.3 Å². The van der Waals surface area contributed by atoms with Gasteiger partial charge in [0.1, 0.15) is 5.76 Å². The second kappa shape index (κ2) is 7.46. The summed E-state index contributed by atoms with van der Waals surface area (Å²) in [7, 11) is -3.09. The lowest BCUT2D eigenvalue weighted by Gasteiger charge is -2.25. The lowest BCUT2D eigenvalue weighted by Crippen LogP contribution is -2.21. The first-order valence-electron chi connectivity index (χ1n) is 6.34. The molecule has 1 aliphatic rings. The molecular weight excluding hydrogens is 289 g/mol. The molecule has 0 aliphatic carbocycles. The Labute approximate surface area is 120 Å². The van der Waals surface area contributed by atoms with Gasteiger partial charge in [0.25, 0.3) is 0 Å². The molecule has 7 heteroatoms. The van der Waals surface area contributed by atoms with Gasteiger partial charge in [0.15, 0.2) is 0 Å². The van der Waals surface area contributed by atoms with Crippen LogP contribution in [0, 0.1) is 0 Å². The van der Waals surface area contributed by atoms with E-state index in [4.69, 9.17) is 13.5 Å². The monoisotopic (exact) mass is 309 g/mol. The van der Waals surface area contributed by atoms with Crippen molar-refractivity contribution in [1.29, 1.82) is 0 Å². The van der Waals surface area contributed by atoms with Gasteiger partial charge >= 0.3 is 7.60 Å². The molecule has 0 aromatic carbocycles. The van der Waals surface area contributed by atoms with Gasteiger partial charge in [0.2, 0.25) is 0 Å². The maximum absolute atomic E-state index is 12.8. The van der Waals surface area contributed by atoms with Crippen molar-refractivity contribution >= 4 is 20.0 Å². The van der Waals surface area contributed by atoms with Crippen LogP contribution in [0.4, 0.5) is 0 Å². The summed E-state index contributed by atoms with van der Waals surface area (Å²) >= 11 is 0. The molecule has 19 heavy (non-hydrogen) atoms. The Bertz CT molecular complexity index is 402. The molecule has 0 radical (unpaired) electrons. The zero-order valence-electron chi connectivity index (χ0n) is 11.2. The van der Waals surface area contributed by atoms with Gasteiger partial charge < -0.3 is 18.8 Å². The lowest BCUT2D eigenvalue weighted by molar-refractivity contribution is 0.210. The van der Waals surface area contributed by atoms with Crippen molar-refractivity contribution in [3.8, 4) is 0 Å². The van der Waals surface area contributed by atoms with Crippen LogP contribution in [0.5, 0.6) is 0 Å². The number of hydrogen-bond donors (Lipinski definition) is 1. The average Bonchev–Trinajstić information content (AvgIpc) is 3.00. The van der Waals surface area contributed by atoms with Gasteiger partial charge in [-0.3, -0.25) is 4.57 Å². The Morgan fingerprint density at radius 2 is 2.05 bits per heavy atom. The number of hydrogen-bond acceptors (Lipinski definition) is 5. The predicted molar refractivity (Wildman–Crippen MR) is 76.2 cm³/mol. The third-order valence-corrected chi connectivity index (χ3v) is 5.71. The molecule has 1 aromatic heterocycles. The second-order valence-corrected chi connectivity index (χ2v) is 6.48. The fraction of sp³-hybridized carbons (Fsp3) is 0.667. The summed E-state index contributed by atoms with van der Waals surface area (Å²) in [4.78, 5) is 0. The maximum atomic E-state index is 12.8. The Kier molecular flexibility index (Phi) is 6.57. The summed E-state index contributed by atoms with van der Waals surface area (Å²) in [6, 6.07) is 3.75. The minimum absolute atomic E-state index is 0. The van der Waals surface area contributed by atoms with Gasteiger partial charge in [-0.2, -0.15) is 0 Å². The van der Waals surface area contributed by atoms with Crippen LogP contribution in [0.15, 0.2) is 22.8 Å². The topological polar surface area (TPSA) is 60.7 Å². The summed E-state index contributed by atoms with van der Waals surface area (Å²) in [5.41, 5.74) is -0.177. The normalized spacial score (nSPS) is 23.3. The van der Waals surface area contributed by atoms with Gasteiger partial charge in [-0.05, 0) is 26.0 Å². The first-order chi connectivity index (χ1) is 8.71. The number of furan rings is 1. The van der Waals surface area contributed by atoms with Gasteiger partial charge in [-0.1, -0.05) is 0 Å². The van der Waals surface area contributed by atoms with E-state index in [0.717, 1.165) is 12.3 Å². The first kappa shape index (κ1) is 16.7. The van der Waals surface area contributed by atoms with E-state index in [1.807, 2.05) is 26.0 Å². The molecular formula is C12H21ClNO4P. The van der Waals surface area contributed by atoms with Crippen molar-refractivity contribution in [3.63, 3.8) is 0 Å². The van der Waals surface area contributed by atoms with E-state index in [2.05, 4.69) is 5.32 Å². The van der Waals surface area contributed by atoms with Crippen LogP contribution >= 0.6 is 20.0 Å². The highest BCUT2D eigenvalue weighted by molar-refractivity contribution is 7.54. The molecule has 2 unspecified atom stereocenters. The van der Waals surface area contributed by atoms with E-state index in [1.165, 1.54) is 0 Å². The van der Waals surface area contributed by atoms with Crippen molar-refractivity contribution in [2.24, 2.45) is 0 Å². The van der Waals surface area contributed by atoms with Crippen LogP contribution in [0.1, 0.15) is 25.5 Å². The minimum Gasteiger partial charge on any atom is -0.469 e. The molecule has 1 saturated heterocycles. The fourth-order valence-electron chi connectivity index (χ4n) is 2.38. The predicted octanol–water partition coefficient (Wildman–Crippen LogP) is 3.02. The molecule has 0 saturated carbocycles. The van der Waals surface area contributed by atoms with E-state index < -0.39 is 7.60 Å². The third-order valence-electron chi connectivity index (χ3n) is 3.12. The summed E-state index contributed by atoms with van der Waals surface area (Å²) in [6.45, 7) is 5.80. The summed E-state index contributed by atoms with van der Waals surface area (Å²) in [5.74, 6) is 0.883. The van der Waals surface area contributed by atoms with E-state index >= 15 is 0 Å². The van der Waals surface area contributed by atoms with Gasteiger partial charge in [-0.25, -0.2) is 0 Å². The Balaban J connectivity index is 0.00000180. The zero-order valence-corrected chi connectivity index (χ0v) is 12.9. The Hall–Kier alpha value is -0.320. The third kappa shape index (κ3) is 3.61. The highest BCUT2D eigenvalue weighted by Gasteiger charge is 2.45. The second-order valence-electron chi connectivity index (χ2n) is 4.22. The average molecular weight is 310 g/mol. The van der Waals surface area contributed by atoms with E-state index in [0.29, 0.717) is 19.8 Å². The molecule has 1 aromatic rings. The molecule has 2 rings (SSSR count). The minimum atomic E-state index is -3.09. The first-order valence-corrected chi connectivity index (χ1v) is 7.95. The van der Waals surface area contributed by atoms with Gasteiger partial charge in [-0.15, -0.1) is 12.4 Å². The number of nitrogens with one attached hydrogen (secondary N) is 1. The van der Waals surface area contributed by atoms with E-state index in [-0.39, 0.29) is 24.0 Å². The molecule has 1 N–H and O–H groups in total. The Morgan fingerprint density at radius 1 is 1.37 bits per heavy atom. The van der Waals surface area contributed by atoms with Crippen molar-refractivity contribution < 1.29 is 18.0 Å². The molecule has 0 spiro atoms. The quantitative estimate of drug-likeness (QED) is 0.818. The lowest BCUT2D eigenvalue weighted by atomic mass is 10.1. The summed E-state index contributed by atoms with van der Waals surface area (Å²) < 4.78 is 29.1. The van der Waals surface area contributed by atoms with Gasteiger partial charge in [0, 0.05) is 19.0 Å². The molecule has 1 fully saturated rings. The molecule has 5 nitrogen and oxygen atoms in total. The van der Waals surface area contributed by atoms with Crippen LogP contribution in [-0.2, 0) is 13.6 Å². The van der Waals surface area contributed by atoms with E-state index in [9.17, 15) is 4.57 Å². The number of rotatable bonds is 6. The van der Waals surface area contributed by atoms with Crippen molar-refractivity contribution in [3.05, 3.63) is 24.2 Å². The molecule has 0 bridgehead atoms. The standard InChI is InChI=1S/C12H20NO4P.ClH/c1-3-16-18(14,17-4-2)12-9-13-8-10(12)11-6-5-7-15-11;/h5-7,10,12-13H,3-4,8-9H2,1-2H3;1H. The molecule has 110 valence electrons. The summed E-state index contributed by atoms with van der Waals surface area (Å²) in [6.07, 6.45) is 1.64. The highest BCUT2D eigenvalue weighted by Crippen LogP contribution is 2.58. The smallest absolute Gasteiger partial charge is 0.335 e.